The lowest BCUT2D eigenvalue weighted by Gasteiger charge is -2.06. The number of hydrogen-bond acceptors (Lipinski definition) is 2. The van der Waals surface area contributed by atoms with E-state index in [0.717, 1.165) is 17.8 Å². The minimum atomic E-state index is 0.895. The van der Waals surface area contributed by atoms with Crippen molar-refractivity contribution >= 4 is 11.3 Å². The maximum Gasteiger partial charge on any atom is 0.189 e. The molecule has 1 heterocycles. The zero-order valence-electron chi connectivity index (χ0n) is 9.68. The summed E-state index contributed by atoms with van der Waals surface area (Å²) in [5, 5.41) is 2.08. The van der Waals surface area contributed by atoms with Gasteiger partial charge in [0, 0.05) is 18.1 Å². The van der Waals surface area contributed by atoms with Crippen molar-refractivity contribution in [2.45, 2.75) is 20.3 Å². The van der Waals surface area contributed by atoms with E-state index in [1.54, 1.807) is 11.3 Å². The van der Waals surface area contributed by atoms with Gasteiger partial charge in [0.15, 0.2) is 4.80 Å². The fraction of sp³-hybridized carbons (Fsp3) is 0.308. The fourth-order valence-corrected chi connectivity index (χ4v) is 2.35. The maximum atomic E-state index is 4.58. The van der Waals surface area contributed by atoms with Crippen molar-refractivity contribution in [3.05, 3.63) is 46.2 Å². The van der Waals surface area contributed by atoms with Crippen molar-refractivity contribution in [3.8, 4) is 5.69 Å². The SMILES string of the molecule is CCCN=c1sccn1-c1ccccc1C. The Morgan fingerprint density at radius 3 is 2.88 bits per heavy atom. The van der Waals surface area contributed by atoms with Gasteiger partial charge in [0.2, 0.25) is 0 Å². The van der Waals surface area contributed by atoms with Crippen LogP contribution in [0.15, 0.2) is 40.8 Å². The number of aryl methyl sites for hydroxylation is 1. The Hall–Kier alpha value is -1.35. The number of rotatable bonds is 3. The van der Waals surface area contributed by atoms with E-state index in [1.807, 2.05) is 0 Å². The van der Waals surface area contributed by atoms with E-state index in [1.165, 1.54) is 11.3 Å². The molecule has 84 valence electrons. The lowest BCUT2D eigenvalue weighted by atomic mass is 10.2. The molecular formula is C13H16N2S. The lowest BCUT2D eigenvalue weighted by Crippen LogP contribution is -2.13. The molecule has 2 nitrogen and oxygen atoms in total. The molecule has 0 aliphatic heterocycles. The molecular weight excluding hydrogens is 216 g/mol. The first-order valence-corrected chi connectivity index (χ1v) is 6.43. The van der Waals surface area contributed by atoms with Gasteiger partial charge in [-0.1, -0.05) is 25.1 Å². The second kappa shape index (κ2) is 5.12. The van der Waals surface area contributed by atoms with E-state index < -0.39 is 0 Å². The predicted octanol–water partition coefficient (Wildman–Crippen LogP) is 3.16. The quantitative estimate of drug-likeness (QED) is 0.773. The van der Waals surface area contributed by atoms with E-state index in [-0.39, 0.29) is 0 Å². The van der Waals surface area contributed by atoms with Gasteiger partial charge in [-0.15, -0.1) is 11.3 Å². The standard InChI is InChI=1S/C13H16N2S/c1-3-8-14-13-15(9-10-16-13)12-7-5-4-6-11(12)2/h4-7,9-10H,3,8H2,1-2H3. The molecule has 0 aliphatic carbocycles. The number of benzene rings is 1. The lowest BCUT2D eigenvalue weighted by molar-refractivity contribution is 0.868. The summed E-state index contributed by atoms with van der Waals surface area (Å²) in [4.78, 5) is 5.66. The Kier molecular flexibility index (Phi) is 3.57. The fourth-order valence-electron chi connectivity index (χ4n) is 1.61. The summed E-state index contributed by atoms with van der Waals surface area (Å²) < 4.78 is 2.16. The van der Waals surface area contributed by atoms with Crippen LogP contribution in [-0.4, -0.2) is 11.1 Å². The first-order valence-electron chi connectivity index (χ1n) is 5.55. The van der Waals surface area contributed by atoms with E-state index in [4.69, 9.17) is 0 Å². The number of para-hydroxylation sites is 1. The third kappa shape index (κ3) is 2.25. The Morgan fingerprint density at radius 1 is 1.31 bits per heavy atom. The summed E-state index contributed by atoms with van der Waals surface area (Å²) in [6, 6.07) is 8.39. The molecule has 0 spiro atoms. The van der Waals surface area contributed by atoms with Crippen LogP contribution in [0, 0.1) is 6.92 Å². The summed E-state index contributed by atoms with van der Waals surface area (Å²) in [7, 11) is 0. The second-order valence-corrected chi connectivity index (χ2v) is 4.60. The van der Waals surface area contributed by atoms with Crippen LogP contribution in [0.2, 0.25) is 0 Å². The first kappa shape index (κ1) is 11.1. The second-order valence-electron chi connectivity index (χ2n) is 3.72. The summed E-state index contributed by atoms with van der Waals surface area (Å²) >= 11 is 1.69. The van der Waals surface area contributed by atoms with Gasteiger partial charge in [-0.25, -0.2) is 0 Å². The molecule has 1 aromatic heterocycles. The van der Waals surface area contributed by atoms with E-state index in [0.29, 0.717) is 0 Å². The van der Waals surface area contributed by atoms with Crippen LogP contribution >= 0.6 is 11.3 Å². The zero-order chi connectivity index (χ0) is 11.4. The number of thiazole rings is 1. The Bertz CT molecular complexity index is 522. The summed E-state index contributed by atoms with van der Waals surface area (Å²) in [5.41, 5.74) is 2.50. The Balaban J connectivity index is 2.49. The monoisotopic (exact) mass is 232 g/mol. The minimum absolute atomic E-state index is 0.895. The van der Waals surface area contributed by atoms with Gasteiger partial charge < -0.3 is 0 Å². The van der Waals surface area contributed by atoms with Crippen molar-refractivity contribution in [1.82, 2.24) is 4.57 Å². The van der Waals surface area contributed by atoms with Gasteiger partial charge in [-0.05, 0) is 25.0 Å². The molecule has 0 radical (unpaired) electrons. The van der Waals surface area contributed by atoms with Gasteiger partial charge >= 0.3 is 0 Å². The summed E-state index contributed by atoms with van der Waals surface area (Å²) in [5.74, 6) is 0. The smallest absolute Gasteiger partial charge is 0.189 e. The van der Waals surface area contributed by atoms with E-state index >= 15 is 0 Å². The predicted molar refractivity (Wildman–Crippen MR) is 69.1 cm³/mol. The van der Waals surface area contributed by atoms with Crippen molar-refractivity contribution < 1.29 is 0 Å². The third-order valence-corrected chi connectivity index (χ3v) is 3.23. The van der Waals surface area contributed by atoms with Crippen LogP contribution in [0.4, 0.5) is 0 Å². The number of aromatic nitrogens is 1. The van der Waals surface area contributed by atoms with Crippen molar-refractivity contribution in [2.24, 2.45) is 4.99 Å². The van der Waals surface area contributed by atoms with Gasteiger partial charge in [-0.2, -0.15) is 0 Å². The molecule has 2 aromatic rings. The van der Waals surface area contributed by atoms with Crippen molar-refractivity contribution in [3.63, 3.8) is 0 Å². The van der Waals surface area contributed by atoms with Crippen LogP contribution in [-0.2, 0) is 0 Å². The molecule has 1 aromatic carbocycles. The van der Waals surface area contributed by atoms with E-state index in [2.05, 4.69) is 59.2 Å². The number of nitrogens with zero attached hydrogens (tertiary/aromatic N) is 2. The van der Waals surface area contributed by atoms with Gasteiger partial charge in [-0.3, -0.25) is 9.56 Å². The summed E-state index contributed by atoms with van der Waals surface area (Å²) in [6.07, 6.45) is 3.17. The first-order chi connectivity index (χ1) is 7.83. The van der Waals surface area contributed by atoms with Gasteiger partial charge in [0.1, 0.15) is 0 Å². The Morgan fingerprint density at radius 2 is 2.12 bits per heavy atom. The molecule has 0 atom stereocenters. The van der Waals surface area contributed by atoms with Crippen molar-refractivity contribution in [2.75, 3.05) is 6.54 Å². The maximum absolute atomic E-state index is 4.58. The average Bonchev–Trinajstić information content (AvgIpc) is 2.75. The average molecular weight is 232 g/mol. The third-order valence-electron chi connectivity index (χ3n) is 2.44. The molecule has 0 bridgehead atoms. The van der Waals surface area contributed by atoms with Gasteiger partial charge in [0.05, 0.1) is 5.69 Å². The van der Waals surface area contributed by atoms with Gasteiger partial charge in [0.25, 0.3) is 0 Å². The molecule has 2 rings (SSSR count). The van der Waals surface area contributed by atoms with Crippen molar-refractivity contribution in [1.29, 1.82) is 0 Å². The highest BCUT2D eigenvalue weighted by Gasteiger charge is 2.01. The van der Waals surface area contributed by atoms with Crippen LogP contribution in [0.5, 0.6) is 0 Å². The van der Waals surface area contributed by atoms with Crippen LogP contribution in [0.1, 0.15) is 18.9 Å². The highest BCUT2D eigenvalue weighted by Crippen LogP contribution is 2.11. The molecule has 0 saturated heterocycles. The normalized spacial score (nSPS) is 12.0. The molecule has 0 unspecified atom stereocenters. The number of hydrogen-bond donors (Lipinski definition) is 0. The van der Waals surface area contributed by atoms with Crippen LogP contribution in [0.3, 0.4) is 0 Å². The molecule has 0 fully saturated rings. The molecule has 0 amide bonds. The van der Waals surface area contributed by atoms with E-state index in [9.17, 15) is 0 Å². The van der Waals surface area contributed by atoms with Crippen LogP contribution < -0.4 is 4.80 Å². The highest BCUT2D eigenvalue weighted by atomic mass is 32.1. The molecule has 0 aliphatic rings. The molecule has 0 N–H and O–H groups in total. The topological polar surface area (TPSA) is 17.3 Å². The largest absolute Gasteiger partial charge is 0.293 e. The summed E-state index contributed by atoms with van der Waals surface area (Å²) in [6.45, 7) is 5.17. The Labute approximate surface area is 99.9 Å². The zero-order valence-corrected chi connectivity index (χ0v) is 10.5. The molecule has 16 heavy (non-hydrogen) atoms. The highest BCUT2D eigenvalue weighted by molar-refractivity contribution is 7.07. The molecule has 0 saturated carbocycles. The minimum Gasteiger partial charge on any atom is -0.293 e. The van der Waals surface area contributed by atoms with Crippen LogP contribution in [0.25, 0.3) is 5.69 Å². The molecule has 3 heteroatoms.